The maximum absolute atomic E-state index is 12.3. The van der Waals surface area contributed by atoms with Crippen LogP contribution in [0.3, 0.4) is 0 Å². The summed E-state index contributed by atoms with van der Waals surface area (Å²) in [5.74, 6) is 0.0971. The molecule has 2 rings (SSSR count). The highest BCUT2D eigenvalue weighted by Crippen LogP contribution is 2.14. The number of benzene rings is 1. The Kier molecular flexibility index (Phi) is 4.56. The van der Waals surface area contributed by atoms with Crippen LogP contribution >= 0.6 is 0 Å². The fraction of sp³-hybridized carbons (Fsp3) is 0.533. The van der Waals surface area contributed by atoms with Crippen molar-refractivity contribution in [2.45, 2.75) is 32.4 Å². The number of amides is 1. The van der Waals surface area contributed by atoms with Crippen molar-refractivity contribution in [2.24, 2.45) is 0 Å². The summed E-state index contributed by atoms with van der Waals surface area (Å²) in [6, 6.07) is 8.07. The molecule has 1 amide bonds. The molecule has 2 unspecified atom stereocenters. The number of hydrogen-bond donors (Lipinski definition) is 1. The number of carbonyl (C=O) groups is 1. The molecule has 1 aliphatic rings. The lowest BCUT2D eigenvalue weighted by Crippen LogP contribution is -2.52. The van der Waals surface area contributed by atoms with Crippen LogP contribution in [0.5, 0.6) is 0 Å². The lowest BCUT2D eigenvalue weighted by Gasteiger charge is -2.37. The van der Waals surface area contributed by atoms with Crippen molar-refractivity contribution in [3.8, 4) is 0 Å². The lowest BCUT2D eigenvalue weighted by molar-refractivity contribution is -0.145. The highest BCUT2D eigenvalue weighted by molar-refractivity contribution is 5.79. The number of carbonyl (C=O) groups excluding carboxylic acids is 1. The maximum Gasteiger partial charge on any atom is 0.227 e. The SMILES string of the molecule is Cc1cccc(CC(=O)N2CC(CO)OCC2C)c1. The van der Waals surface area contributed by atoms with Crippen LogP contribution in [-0.4, -0.2) is 47.8 Å². The van der Waals surface area contributed by atoms with E-state index in [-0.39, 0.29) is 24.7 Å². The number of rotatable bonds is 3. The molecular formula is C15H21NO3. The number of morpholine rings is 1. The molecule has 1 aliphatic heterocycles. The minimum atomic E-state index is -0.252. The van der Waals surface area contributed by atoms with Crippen LogP contribution in [0, 0.1) is 6.92 Å². The first kappa shape index (κ1) is 14.0. The number of hydrogen-bond acceptors (Lipinski definition) is 3. The Morgan fingerprint density at radius 1 is 1.53 bits per heavy atom. The molecular weight excluding hydrogens is 242 g/mol. The van der Waals surface area contributed by atoms with Gasteiger partial charge in [0.2, 0.25) is 5.91 Å². The fourth-order valence-electron chi connectivity index (χ4n) is 2.37. The molecule has 1 N–H and O–H groups in total. The summed E-state index contributed by atoms with van der Waals surface area (Å²) < 4.78 is 5.45. The van der Waals surface area contributed by atoms with E-state index in [1.54, 1.807) is 0 Å². The van der Waals surface area contributed by atoms with Crippen molar-refractivity contribution < 1.29 is 14.6 Å². The largest absolute Gasteiger partial charge is 0.394 e. The average molecular weight is 263 g/mol. The molecule has 0 radical (unpaired) electrons. The van der Waals surface area contributed by atoms with Gasteiger partial charge in [0.25, 0.3) is 0 Å². The van der Waals surface area contributed by atoms with E-state index in [0.717, 1.165) is 11.1 Å². The van der Waals surface area contributed by atoms with Crippen LogP contribution in [0.25, 0.3) is 0 Å². The van der Waals surface area contributed by atoms with E-state index < -0.39 is 0 Å². The highest BCUT2D eigenvalue weighted by Gasteiger charge is 2.28. The van der Waals surface area contributed by atoms with Gasteiger partial charge < -0.3 is 14.7 Å². The van der Waals surface area contributed by atoms with Gasteiger partial charge >= 0.3 is 0 Å². The molecule has 2 atom stereocenters. The molecule has 0 saturated carbocycles. The number of ether oxygens (including phenoxy) is 1. The van der Waals surface area contributed by atoms with Crippen molar-refractivity contribution in [2.75, 3.05) is 19.8 Å². The predicted molar refractivity (Wildman–Crippen MR) is 72.9 cm³/mol. The fourth-order valence-corrected chi connectivity index (χ4v) is 2.37. The Hall–Kier alpha value is -1.39. The van der Waals surface area contributed by atoms with E-state index in [1.165, 1.54) is 0 Å². The first-order valence-corrected chi connectivity index (χ1v) is 6.67. The topological polar surface area (TPSA) is 49.8 Å². The molecule has 19 heavy (non-hydrogen) atoms. The number of aliphatic hydroxyl groups is 1. The van der Waals surface area contributed by atoms with Crippen molar-refractivity contribution in [3.05, 3.63) is 35.4 Å². The third-order valence-electron chi connectivity index (χ3n) is 3.47. The minimum absolute atomic E-state index is 0.0407. The zero-order valence-electron chi connectivity index (χ0n) is 11.5. The summed E-state index contributed by atoms with van der Waals surface area (Å²) in [5.41, 5.74) is 2.19. The van der Waals surface area contributed by atoms with Gasteiger partial charge in [-0.2, -0.15) is 0 Å². The lowest BCUT2D eigenvalue weighted by atomic mass is 10.1. The highest BCUT2D eigenvalue weighted by atomic mass is 16.5. The second-order valence-corrected chi connectivity index (χ2v) is 5.20. The van der Waals surface area contributed by atoms with E-state index in [1.807, 2.05) is 43.0 Å². The third-order valence-corrected chi connectivity index (χ3v) is 3.47. The molecule has 1 saturated heterocycles. The smallest absolute Gasteiger partial charge is 0.227 e. The standard InChI is InChI=1S/C15H21NO3/c1-11-4-3-5-13(6-11)7-15(18)16-8-14(9-17)19-10-12(16)2/h3-6,12,14,17H,7-10H2,1-2H3. The van der Waals surface area contributed by atoms with E-state index in [4.69, 9.17) is 9.84 Å². The monoisotopic (exact) mass is 263 g/mol. The second-order valence-electron chi connectivity index (χ2n) is 5.20. The molecule has 0 aromatic heterocycles. The van der Waals surface area contributed by atoms with Gasteiger partial charge in [0.15, 0.2) is 0 Å². The summed E-state index contributed by atoms with van der Waals surface area (Å²) in [6.07, 6.45) is 0.155. The van der Waals surface area contributed by atoms with Crippen LogP contribution in [0.1, 0.15) is 18.1 Å². The predicted octanol–water partition coefficient (Wildman–Crippen LogP) is 1.15. The molecule has 0 spiro atoms. The molecule has 0 bridgehead atoms. The van der Waals surface area contributed by atoms with Crippen LogP contribution in [0.4, 0.5) is 0 Å². The second kappa shape index (κ2) is 6.17. The van der Waals surface area contributed by atoms with Gasteiger partial charge in [-0.3, -0.25) is 4.79 Å². The molecule has 0 aliphatic carbocycles. The average Bonchev–Trinajstić information content (AvgIpc) is 2.39. The zero-order chi connectivity index (χ0) is 13.8. The molecule has 4 nitrogen and oxygen atoms in total. The Labute approximate surface area is 114 Å². The van der Waals surface area contributed by atoms with Crippen LogP contribution < -0.4 is 0 Å². The van der Waals surface area contributed by atoms with E-state index >= 15 is 0 Å². The quantitative estimate of drug-likeness (QED) is 0.890. The van der Waals surface area contributed by atoms with Crippen molar-refractivity contribution in [3.63, 3.8) is 0 Å². The number of aryl methyl sites for hydroxylation is 1. The molecule has 1 fully saturated rings. The minimum Gasteiger partial charge on any atom is -0.394 e. The number of nitrogens with zero attached hydrogens (tertiary/aromatic N) is 1. The maximum atomic E-state index is 12.3. The van der Waals surface area contributed by atoms with Crippen molar-refractivity contribution in [1.29, 1.82) is 0 Å². The summed E-state index contributed by atoms with van der Waals surface area (Å²) in [7, 11) is 0. The van der Waals surface area contributed by atoms with E-state index in [9.17, 15) is 4.79 Å². The van der Waals surface area contributed by atoms with Crippen LogP contribution in [0.15, 0.2) is 24.3 Å². The Balaban J connectivity index is 2.02. The van der Waals surface area contributed by atoms with Crippen LogP contribution in [0.2, 0.25) is 0 Å². The van der Waals surface area contributed by atoms with Gasteiger partial charge in [0.05, 0.1) is 31.8 Å². The van der Waals surface area contributed by atoms with Gasteiger partial charge in [-0.05, 0) is 19.4 Å². The molecule has 1 aromatic carbocycles. The van der Waals surface area contributed by atoms with Crippen molar-refractivity contribution >= 4 is 5.91 Å². The normalized spacial score (nSPS) is 23.4. The summed E-state index contributed by atoms with van der Waals surface area (Å²) in [4.78, 5) is 14.2. The summed E-state index contributed by atoms with van der Waals surface area (Å²) in [6.45, 7) is 4.92. The van der Waals surface area contributed by atoms with Gasteiger partial charge in [-0.25, -0.2) is 0 Å². The van der Waals surface area contributed by atoms with Gasteiger partial charge in [-0.15, -0.1) is 0 Å². The first-order valence-electron chi connectivity index (χ1n) is 6.67. The summed E-state index contributed by atoms with van der Waals surface area (Å²) >= 11 is 0. The van der Waals surface area contributed by atoms with Gasteiger partial charge in [0.1, 0.15) is 0 Å². The molecule has 104 valence electrons. The van der Waals surface area contributed by atoms with Crippen LogP contribution in [-0.2, 0) is 16.0 Å². The van der Waals surface area contributed by atoms with Gasteiger partial charge in [0, 0.05) is 6.54 Å². The Morgan fingerprint density at radius 3 is 3.00 bits per heavy atom. The third kappa shape index (κ3) is 3.55. The molecule has 4 heteroatoms. The van der Waals surface area contributed by atoms with E-state index in [0.29, 0.717) is 19.6 Å². The van der Waals surface area contributed by atoms with Gasteiger partial charge in [-0.1, -0.05) is 29.8 Å². The Bertz CT molecular complexity index is 447. The van der Waals surface area contributed by atoms with E-state index in [2.05, 4.69) is 0 Å². The summed E-state index contributed by atoms with van der Waals surface area (Å²) in [5, 5.41) is 9.14. The number of aliphatic hydroxyl groups excluding tert-OH is 1. The zero-order valence-corrected chi connectivity index (χ0v) is 11.5. The van der Waals surface area contributed by atoms with Crippen molar-refractivity contribution in [1.82, 2.24) is 4.90 Å². The first-order chi connectivity index (χ1) is 9.10. The molecule has 1 aromatic rings. The Morgan fingerprint density at radius 2 is 2.32 bits per heavy atom. The molecule has 1 heterocycles.